The van der Waals surface area contributed by atoms with E-state index in [1.165, 1.54) is 128 Å². The number of ketones is 1. The second kappa shape index (κ2) is 40.2. The zero-order valence-corrected chi connectivity index (χ0v) is 57.0. The van der Waals surface area contributed by atoms with Gasteiger partial charge in [0.15, 0.2) is 24.7 Å². The highest BCUT2D eigenvalue weighted by Crippen LogP contribution is 2.32. The first-order chi connectivity index (χ1) is 45.0. The van der Waals surface area contributed by atoms with E-state index in [4.69, 9.17) is 23.9 Å². The molecule has 3 N–H and O–H groups in total. The van der Waals surface area contributed by atoms with E-state index in [9.17, 15) is 19.2 Å². The summed E-state index contributed by atoms with van der Waals surface area (Å²) < 4.78 is 24.3. The summed E-state index contributed by atoms with van der Waals surface area (Å²) in [6.45, 7) is 7.96. The second-order valence-corrected chi connectivity index (χ2v) is 26.9. The predicted molar refractivity (Wildman–Crippen MR) is 368 cm³/mol. The van der Waals surface area contributed by atoms with E-state index >= 15 is 9.90 Å². The molecule has 1 unspecified atom stereocenters. The zero-order valence-electron chi connectivity index (χ0n) is 57.0. The van der Waals surface area contributed by atoms with Crippen molar-refractivity contribution in [2.24, 2.45) is 4.99 Å². The Balaban J connectivity index is 1.18. The SMILES string of the molecule is CCCCCCCCCCCC(=O)OCC1(COC(=O)CCCCCCCCCCC)N=c2/c(=C3\C(=O)/C(=c4\ccc5cccc6c5c4=[NH+]C(COC(=O)CCCCCCCCCCC)(COC(=O)CCCCCCCCCCC)N6)C3[O-])ccc3cccc(c23)N1. The van der Waals surface area contributed by atoms with Gasteiger partial charge in [0, 0.05) is 53.1 Å². The van der Waals surface area contributed by atoms with Crippen LogP contribution in [0.15, 0.2) is 65.7 Å². The highest BCUT2D eigenvalue weighted by molar-refractivity contribution is 6.48. The lowest BCUT2D eigenvalue weighted by Gasteiger charge is -2.38. The summed E-state index contributed by atoms with van der Waals surface area (Å²) >= 11 is 0. The van der Waals surface area contributed by atoms with Crippen LogP contribution in [0, 0.1) is 0 Å². The number of nitrogens with zero attached hydrogens (tertiary/aromatic N) is 1. The quantitative estimate of drug-likeness (QED) is 0.0215. The fraction of sp³-hybridized carbons (Fsp3) is 0.654. The molecular formula is C78H114N4O10. The average molecular weight is 1270 g/mol. The lowest BCUT2D eigenvalue weighted by atomic mass is 9.77. The molecule has 92 heavy (non-hydrogen) atoms. The van der Waals surface area contributed by atoms with Crippen molar-refractivity contribution >= 4 is 73.7 Å². The number of nitrogens with one attached hydrogen (secondary N) is 3. The van der Waals surface area contributed by atoms with Gasteiger partial charge in [0.2, 0.25) is 5.36 Å². The average Bonchev–Trinajstić information content (AvgIpc) is 0.715. The molecule has 0 radical (unpaired) electrons. The molecule has 14 heteroatoms. The topological polar surface area (TPSA) is 196 Å². The Bertz CT molecular complexity index is 2960. The fourth-order valence-corrected chi connectivity index (χ4v) is 13.4. The number of benzene rings is 4. The van der Waals surface area contributed by atoms with Crippen molar-refractivity contribution in [1.82, 2.24) is 0 Å². The largest absolute Gasteiger partial charge is 0.845 e. The van der Waals surface area contributed by atoms with Crippen LogP contribution in [0.1, 0.15) is 285 Å². The van der Waals surface area contributed by atoms with Gasteiger partial charge in [0.1, 0.15) is 13.2 Å². The van der Waals surface area contributed by atoms with Gasteiger partial charge in [0.25, 0.3) is 0 Å². The number of rotatable bonds is 48. The summed E-state index contributed by atoms with van der Waals surface area (Å²) in [5.74, 6) is -1.91. The van der Waals surface area contributed by atoms with Crippen LogP contribution in [0.4, 0.5) is 11.4 Å². The highest BCUT2D eigenvalue weighted by atomic mass is 16.6. The zero-order chi connectivity index (χ0) is 65.2. The van der Waals surface area contributed by atoms with Crippen molar-refractivity contribution in [3.63, 3.8) is 0 Å². The maximum Gasteiger partial charge on any atom is 0.306 e. The fourth-order valence-electron chi connectivity index (χ4n) is 13.4. The summed E-state index contributed by atoms with van der Waals surface area (Å²) in [7, 11) is 0. The molecule has 7 rings (SSSR count). The molecule has 0 aromatic heterocycles. The molecule has 0 amide bonds. The Morgan fingerprint density at radius 3 is 1.15 bits per heavy atom. The third kappa shape index (κ3) is 22.5. The number of anilines is 2. The van der Waals surface area contributed by atoms with Gasteiger partial charge < -0.3 is 34.7 Å². The first-order valence-corrected chi connectivity index (χ1v) is 36.7. The molecule has 3 aliphatic rings. The summed E-state index contributed by atoms with van der Waals surface area (Å²) in [5, 5.41) is 27.1. The van der Waals surface area contributed by atoms with E-state index in [1.807, 2.05) is 48.5 Å². The smallest absolute Gasteiger partial charge is 0.306 e. The van der Waals surface area contributed by atoms with Crippen molar-refractivity contribution in [1.29, 1.82) is 0 Å². The Kier molecular flexibility index (Phi) is 32.0. The standard InChI is InChI=1S/C78H113N4O10/c1-5-9-13-17-21-25-29-33-37-47-65(83)89-55-77(56-90-66(84)48-38-34-30-26-22-18-14-10-6-2)79-63-45-41-43-59-51-53-61(73(81-77)69(59)63)71-75(87)72(76(71)88)62-54-52-60-44-42-46-64-70(60)74(62)82-78(80-64,57-91-67(85)49-39-35-31-27-23-19-15-11-7-3)58-92-68(86)50-40-36-32-28-24-20-16-12-8-4/h41-46,51-54,75,79-80H,5-40,47-50,55-58H2,1-4H3/q-1/p+1/b71-61-,72-62+. The molecule has 4 aromatic carbocycles. The molecule has 0 bridgehead atoms. The number of hydrogen-bond acceptors (Lipinski definition) is 13. The number of hydrogen-bond donors (Lipinski definition) is 3. The Labute approximate surface area is 550 Å². The number of carbonyl (C=O) groups excluding carboxylic acids is 5. The molecule has 0 spiro atoms. The predicted octanol–water partition coefficient (Wildman–Crippen LogP) is 13.7. The van der Waals surface area contributed by atoms with Gasteiger partial charge in [-0.15, -0.1) is 0 Å². The molecule has 1 fully saturated rings. The number of esters is 4. The van der Waals surface area contributed by atoms with Gasteiger partial charge in [-0.05, 0) is 54.7 Å². The number of unbranched alkanes of at least 4 members (excludes halogenated alkanes) is 32. The van der Waals surface area contributed by atoms with Crippen molar-refractivity contribution < 1.29 is 53.0 Å². The van der Waals surface area contributed by atoms with Gasteiger partial charge in [-0.2, -0.15) is 0 Å². The minimum atomic E-state index is -1.62. The van der Waals surface area contributed by atoms with E-state index in [2.05, 4.69) is 43.3 Å². The van der Waals surface area contributed by atoms with Gasteiger partial charge in [-0.1, -0.05) is 282 Å². The summed E-state index contributed by atoms with van der Waals surface area (Å²) in [4.78, 5) is 78.4. The molecule has 1 saturated carbocycles. The first-order valence-electron chi connectivity index (χ1n) is 36.7. The Morgan fingerprint density at radius 2 is 0.761 bits per heavy atom. The molecule has 0 saturated heterocycles. The van der Waals surface area contributed by atoms with Crippen molar-refractivity contribution in [2.45, 2.75) is 302 Å². The molecule has 1 aliphatic carbocycles. The maximum atomic E-state index is 15.3. The lowest BCUT2D eigenvalue weighted by molar-refractivity contribution is -0.589. The van der Waals surface area contributed by atoms with Gasteiger partial charge >= 0.3 is 29.5 Å². The molecule has 14 nitrogen and oxygen atoms in total. The molecule has 2 aliphatic heterocycles. The van der Waals surface area contributed by atoms with Gasteiger partial charge in [-0.25, -0.2) is 9.98 Å². The third-order valence-electron chi connectivity index (χ3n) is 18.9. The summed E-state index contributed by atoms with van der Waals surface area (Å²) in [5.41, 5.74) is -1.45. The monoisotopic (exact) mass is 1270 g/mol. The Hall–Kier alpha value is -6.15. The highest BCUT2D eigenvalue weighted by Gasteiger charge is 2.44. The van der Waals surface area contributed by atoms with Crippen molar-refractivity contribution in [2.75, 3.05) is 37.1 Å². The van der Waals surface area contributed by atoms with Crippen LogP contribution >= 0.6 is 0 Å². The van der Waals surface area contributed by atoms with Crippen LogP contribution in [-0.4, -0.2) is 73.5 Å². The molecule has 506 valence electrons. The van der Waals surface area contributed by atoms with Crippen LogP contribution in [0.3, 0.4) is 0 Å². The Morgan fingerprint density at radius 1 is 0.424 bits per heavy atom. The third-order valence-corrected chi connectivity index (χ3v) is 18.9. The molecular weight excluding hydrogens is 1150 g/mol. The van der Waals surface area contributed by atoms with Crippen molar-refractivity contribution in [3.8, 4) is 0 Å². The minimum absolute atomic E-state index is 0.0348. The molecule has 1 atom stereocenters. The van der Waals surface area contributed by atoms with E-state index in [-0.39, 0.29) is 87.1 Å². The summed E-state index contributed by atoms with van der Waals surface area (Å²) in [6.07, 6.45) is 39.4. The van der Waals surface area contributed by atoms with Gasteiger partial charge in [0.05, 0.1) is 21.6 Å². The van der Waals surface area contributed by atoms with E-state index in [0.29, 0.717) is 63.6 Å². The number of ether oxygens (including phenoxy) is 4. The van der Waals surface area contributed by atoms with E-state index < -0.39 is 23.2 Å². The van der Waals surface area contributed by atoms with Crippen LogP contribution in [0.5, 0.6) is 0 Å². The molecule has 2 heterocycles. The van der Waals surface area contributed by atoms with E-state index in [0.717, 1.165) is 93.2 Å². The van der Waals surface area contributed by atoms with E-state index in [1.54, 1.807) is 12.1 Å². The van der Waals surface area contributed by atoms with Crippen LogP contribution < -0.4 is 41.9 Å². The number of Topliss-reactive ketones (excluding diaryl/α,β-unsaturated/α-hetero) is 1. The van der Waals surface area contributed by atoms with Crippen molar-refractivity contribution in [3.05, 3.63) is 81.8 Å². The molecule has 4 aromatic rings. The van der Waals surface area contributed by atoms with Crippen LogP contribution in [0.2, 0.25) is 0 Å². The lowest BCUT2D eigenvalue weighted by Crippen LogP contribution is -2.98. The normalized spacial score (nSPS) is 16.3. The number of carbonyl (C=O) groups is 5. The maximum absolute atomic E-state index is 15.3. The summed E-state index contributed by atoms with van der Waals surface area (Å²) in [6, 6.07) is 18.8. The second-order valence-electron chi connectivity index (χ2n) is 26.9. The van der Waals surface area contributed by atoms with Crippen LogP contribution in [-0.2, 0) is 42.9 Å². The van der Waals surface area contributed by atoms with Crippen LogP contribution in [0.25, 0.3) is 32.7 Å². The van der Waals surface area contributed by atoms with Gasteiger partial charge in [-0.3, -0.25) is 24.0 Å². The first kappa shape index (κ1) is 73.3. The minimum Gasteiger partial charge on any atom is -0.845 e.